The molecule has 21 heavy (non-hydrogen) atoms. The largest absolute Gasteiger partial charge is 0.390 e. The van der Waals surface area contributed by atoms with Gasteiger partial charge in [-0.25, -0.2) is 4.57 Å². The van der Waals surface area contributed by atoms with Crippen LogP contribution in [-0.4, -0.2) is 25.3 Å². The third-order valence-corrected chi connectivity index (χ3v) is 3.55. The normalized spacial score (nSPS) is 11.0. The standard InChI is InChI=1S/C18H23N2O/c1-3-19(2)18-8-6-16(7-9-18)4-5-17-10-12-20(13-11-17)14-15-21/h4-13,21H,3,14-15H2,1-2H3/q+1. The minimum Gasteiger partial charge on any atom is -0.390 e. The number of aliphatic hydroxyl groups excluding tert-OH is 1. The maximum absolute atomic E-state index is 8.88. The zero-order valence-electron chi connectivity index (χ0n) is 12.7. The monoisotopic (exact) mass is 283 g/mol. The highest BCUT2D eigenvalue weighted by Crippen LogP contribution is 2.15. The molecule has 0 bridgehead atoms. The Labute approximate surface area is 126 Å². The summed E-state index contributed by atoms with van der Waals surface area (Å²) in [6.45, 7) is 3.95. The van der Waals surface area contributed by atoms with Crippen LogP contribution in [0.25, 0.3) is 12.2 Å². The van der Waals surface area contributed by atoms with Crippen LogP contribution >= 0.6 is 0 Å². The molecule has 1 aromatic heterocycles. The van der Waals surface area contributed by atoms with E-state index in [4.69, 9.17) is 5.11 Å². The van der Waals surface area contributed by atoms with Crippen molar-refractivity contribution in [2.75, 3.05) is 25.1 Å². The second-order valence-corrected chi connectivity index (χ2v) is 5.03. The molecule has 2 aromatic rings. The summed E-state index contributed by atoms with van der Waals surface area (Å²) in [5.41, 5.74) is 3.58. The molecule has 3 heteroatoms. The Morgan fingerprint density at radius 3 is 2.10 bits per heavy atom. The molecular formula is C18H23N2O+. The van der Waals surface area contributed by atoms with Gasteiger partial charge < -0.3 is 10.0 Å². The smallest absolute Gasteiger partial charge is 0.171 e. The van der Waals surface area contributed by atoms with E-state index in [1.807, 2.05) is 29.1 Å². The first-order chi connectivity index (χ1) is 10.2. The van der Waals surface area contributed by atoms with E-state index in [0.29, 0.717) is 6.54 Å². The predicted molar refractivity (Wildman–Crippen MR) is 88.0 cm³/mol. The van der Waals surface area contributed by atoms with Crippen LogP contribution in [-0.2, 0) is 6.54 Å². The summed E-state index contributed by atoms with van der Waals surface area (Å²) in [6.07, 6.45) is 8.17. The van der Waals surface area contributed by atoms with E-state index in [-0.39, 0.29) is 6.61 Å². The van der Waals surface area contributed by atoms with Crippen molar-refractivity contribution in [2.45, 2.75) is 13.5 Å². The lowest BCUT2D eigenvalue weighted by Gasteiger charge is -2.16. The number of aromatic nitrogens is 1. The second-order valence-electron chi connectivity index (χ2n) is 5.03. The lowest BCUT2D eigenvalue weighted by Crippen LogP contribution is -2.34. The SMILES string of the molecule is CCN(C)c1ccc(C=Cc2cc[n+](CCO)cc2)cc1. The summed E-state index contributed by atoms with van der Waals surface area (Å²) in [6, 6.07) is 12.6. The fraction of sp³-hybridized carbons (Fsp3) is 0.278. The van der Waals surface area contributed by atoms with Crippen LogP contribution < -0.4 is 9.47 Å². The minimum atomic E-state index is 0.165. The number of rotatable bonds is 6. The van der Waals surface area contributed by atoms with Crippen LogP contribution in [0.1, 0.15) is 18.1 Å². The summed E-state index contributed by atoms with van der Waals surface area (Å²) in [5, 5.41) is 8.88. The topological polar surface area (TPSA) is 27.4 Å². The lowest BCUT2D eigenvalue weighted by molar-refractivity contribution is -0.698. The number of hydrogen-bond acceptors (Lipinski definition) is 2. The summed E-state index contributed by atoms with van der Waals surface area (Å²) in [7, 11) is 2.09. The van der Waals surface area contributed by atoms with Crippen molar-refractivity contribution in [1.29, 1.82) is 0 Å². The molecule has 0 amide bonds. The Hall–Kier alpha value is -2.13. The van der Waals surface area contributed by atoms with Gasteiger partial charge >= 0.3 is 0 Å². The van der Waals surface area contributed by atoms with Crippen LogP contribution in [0.5, 0.6) is 0 Å². The maximum Gasteiger partial charge on any atom is 0.171 e. The van der Waals surface area contributed by atoms with Gasteiger partial charge in [0.05, 0.1) is 0 Å². The number of aliphatic hydroxyl groups is 1. The fourth-order valence-corrected chi connectivity index (χ4v) is 2.06. The Kier molecular flexibility index (Phi) is 5.52. The zero-order chi connectivity index (χ0) is 15.1. The molecule has 2 rings (SSSR count). The van der Waals surface area contributed by atoms with Crippen LogP contribution in [0.4, 0.5) is 5.69 Å². The van der Waals surface area contributed by atoms with E-state index < -0.39 is 0 Å². The van der Waals surface area contributed by atoms with E-state index in [1.165, 1.54) is 11.3 Å². The van der Waals surface area contributed by atoms with E-state index in [2.05, 4.69) is 55.3 Å². The van der Waals surface area contributed by atoms with Crippen molar-refractivity contribution < 1.29 is 9.67 Å². The van der Waals surface area contributed by atoms with E-state index in [0.717, 1.165) is 12.1 Å². The van der Waals surface area contributed by atoms with Crippen molar-refractivity contribution in [1.82, 2.24) is 0 Å². The molecule has 0 fully saturated rings. The van der Waals surface area contributed by atoms with E-state index in [9.17, 15) is 0 Å². The predicted octanol–water partition coefficient (Wildman–Crippen LogP) is 2.59. The number of benzene rings is 1. The molecule has 0 aliphatic carbocycles. The summed E-state index contributed by atoms with van der Waals surface area (Å²) in [4.78, 5) is 2.21. The van der Waals surface area contributed by atoms with Gasteiger partial charge in [0.15, 0.2) is 18.9 Å². The molecule has 0 unspecified atom stereocenters. The average molecular weight is 283 g/mol. The molecule has 0 aliphatic heterocycles. The summed E-state index contributed by atoms with van der Waals surface area (Å²) < 4.78 is 1.96. The molecule has 1 heterocycles. The second kappa shape index (κ2) is 7.60. The lowest BCUT2D eigenvalue weighted by atomic mass is 10.1. The number of nitrogens with zero attached hydrogens (tertiary/aromatic N) is 2. The molecule has 0 radical (unpaired) electrons. The molecule has 0 spiro atoms. The van der Waals surface area contributed by atoms with Gasteiger partial charge in [0.1, 0.15) is 6.61 Å². The van der Waals surface area contributed by atoms with Gasteiger partial charge in [0.25, 0.3) is 0 Å². The first-order valence-corrected chi connectivity index (χ1v) is 7.32. The van der Waals surface area contributed by atoms with Crippen LogP contribution in [0.3, 0.4) is 0 Å². The third-order valence-electron chi connectivity index (χ3n) is 3.55. The summed E-state index contributed by atoms with van der Waals surface area (Å²) >= 11 is 0. The minimum absolute atomic E-state index is 0.165. The Bertz CT molecular complexity index is 573. The summed E-state index contributed by atoms with van der Waals surface area (Å²) in [5.74, 6) is 0. The number of anilines is 1. The average Bonchev–Trinajstić information content (AvgIpc) is 2.54. The third kappa shape index (κ3) is 4.43. The van der Waals surface area contributed by atoms with Crippen molar-refractivity contribution >= 4 is 17.8 Å². The molecule has 0 atom stereocenters. The van der Waals surface area contributed by atoms with Gasteiger partial charge in [-0.15, -0.1) is 0 Å². The van der Waals surface area contributed by atoms with Crippen molar-refractivity contribution in [3.63, 3.8) is 0 Å². The van der Waals surface area contributed by atoms with E-state index in [1.54, 1.807) is 0 Å². The molecule has 1 aromatic carbocycles. The molecule has 0 aliphatic rings. The molecule has 110 valence electrons. The van der Waals surface area contributed by atoms with Crippen molar-refractivity contribution in [3.05, 3.63) is 59.9 Å². The first-order valence-electron chi connectivity index (χ1n) is 7.32. The zero-order valence-corrected chi connectivity index (χ0v) is 12.7. The Morgan fingerprint density at radius 2 is 1.57 bits per heavy atom. The van der Waals surface area contributed by atoms with Crippen LogP contribution in [0, 0.1) is 0 Å². The van der Waals surface area contributed by atoms with Gasteiger partial charge in [-0.3, -0.25) is 0 Å². The fourth-order valence-electron chi connectivity index (χ4n) is 2.06. The highest BCUT2D eigenvalue weighted by Gasteiger charge is 1.98. The number of hydrogen-bond donors (Lipinski definition) is 1. The van der Waals surface area contributed by atoms with Gasteiger partial charge in [0, 0.05) is 31.4 Å². The Balaban J connectivity index is 2.03. The number of pyridine rings is 1. The van der Waals surface area contributed by atoms with Gasteiger partial charge in [-0.05, 0) is 30.2 Å². The van der Waals surface area contributed by atoms with E-state index >= 15 is 0 Å². The van der Waals surface area contributed by atoms with Gasteiger partial charge in [-0.2, -0.15) is 0 Å². The maximum atomic E-state index is 8.88. The molecule has 1 N–H and O–H groups in total. The Morgan fingerprint density at radius 1 is 1.00 bits per heavy atom. The quantitative estimate of drug-likeness (QED) is 0.825. The highest BCUT2D eigenvalue weighted by atomic mass is 16.3. The highest BCUT2D eigenvalue weighted by molar-refractivity contribution is 5.70. The molecule has 3 nitrogen and oxygen atoms in total. The van der Waals surface area contributed by atoms with Crippen LogP contribution in [0.15, 0.2) is 48.8 Å². The van der Waals surface area contributed by atoms with Crippen molar-refractivity contribution in [3.8, 4) is 0 Å². The molecule has 0 saturated heterocycles. The van der Waals surface area contributed by atoms with Crippen molar-refractivity contribution in [2.24, 2.45) is 0 Å². The molecular weight excluding hydrogens is 260 g/mol. The molecule has 0 saturated carbocycles. The van der Waals surface area contributed by atoms with Crippen LogP contribution in [0.2, 0.25) is 0 Å². The van der Waals surface area contributed by atoms with Gasteiger partial charge in [-0.1, -0.05) is 24.3 Å². The van der Waals surface area contributed by atoms with Gasteiger partial charge in [0.2, 0.25) is 0 Å². The first kappa shape index (κ1) is 15.3.